The lowest BCUT2D eigenvalue weighted by molar-refractivity contribution is 0.102. The molecule has 98 valence electrons. The number of benzene rings is 2. The Kier molecular flexibility index (Phi) is 3.90. The molecule has 1 amide bonds. The molecule has 0 aliphatic rings. The first-order valence-electron chi connectivity index (χ1n) is 5.19. The van der Waals surface area contributed by atoms with Gasteiger partial charge in [0.15, 0.2) is 17.5 Å². The fraction of sp³-hybridized carbons (Fsp3) is 0. The molecule has 0 fully saturated rings. The molecule has 0 atom stereocenters. The predicted molar refractivity (Wildman–Crippen MR) is 68.4 cm³/mol. The number of anilines is 1. The zero-order chi connectivity index (χ0) is 14.0. The molecular weight excluding hydrogens is 323 g/mol. The fourth-order valence-electron chi connectivity index (χ4n) is 1.46. The fourth-order valence-corrected chi connectivity index (χ4v) is 1.86. The van der Waals surface area contributed by atoms with Crippen molar-refractivity contribution in [1.82, 2.24) is 0 Å². The Morgan fingerprint density at radius 1 is 1.05 bits per heavy atom. The molecule has 2 aromatic rings. The van der Waals surface area contributed by atoms with Crippen molar-refractivity contribution in [3.63, 3.8) is 0 Å². The molecule has 0 radical (unpaired) electrons. The maximum Gasteiger partial charge on any atom is 0.255 e. The first-order valence-corrected chi connectivity index (χ1v) is 5.98. The Balaban J connectivity index is 2.24. The van der Waals surface area contributed by atoms with Crippen molar-refractivity contribution in [3.05, 3.63) is 63.9 Å². The van der Waals surface area contributed by atoms with Crippen molar-refractivity contribution in [2.45, 2.75) is 0 Å². The lowest BCUT2D eigenvalue weighted by Gasteiger charge is -2.06. The zero-order valence-electron chi connectivity index (χ0n) is 9.38. The third-order valence-corrected chi connectivity index (χ3v) is 2.82. The number of rotatable bonds is 2. The number of halogens is 4. The van der Waals surface area contributed by atoms with Crippen LogP contribution < -0.4 is 5.32 Å². The summed E-state index contributed by atoms with van der Waals surface area (Å²) in [6.45, 7) is 0. The van der Waals surface area contributed by atoms with Crippen molar-refractivity contribution in [3.8, 4) is 0 Å². The monoisotopic (exact) mass is 329 g/mol. The second-order valence-electron chi connectivity index (χ2n) is 3.72. The molecule has 19 heavy (non-hydrogen) atoms. The number of carbonyl (C=O) groups excluding carboxylic acids is 1. The first kappa shape index (κ1) is 13.6. The lowest BCUT2D eigenvalue weighted by atomic mass is 10.2. The van der Waals surface area contributed by atoms with Crippen LogP contribution in [-0.2, 0) is 0 Å². The SMILES string of the molecule is O=C(Nc1cc(F)c(F)c(F)c1)c1cccc(Br)c1. The van der Waals surface area contributed by atoms with Crippen molar-refractivity contribution < 1.29 is 18.0 Å². The van der Waals surface area contributed by atoms with Gasteiger partial charge in [0.1, 0.15) is 0 Å². The molecule has 0 spiro atoms. The first-order chi connectivity index (χ1) is 8.97. The highest BCUT2D eigenvalue weighted by atomic mass is 79.9. The summed E-state index contributed by atoms with van der Waals surface area (Å²) in [5, 5.41) is 2.29. The third-order valence-electron chi connectivity index (χ3n) is 2.33. The molecule has 0 aliphatic heterocycles. The maximum atomic E-state index is 13.0. The van der Waals surface area contributed by atoms with Gasteiger partial charge in [0, 0.05) is 27.9 Å². The maximum absolute atomic E-state index is 13.0. The topological polar surface area (TPSA) is 29.1 Å². The number of hydrogen-bond acceptors (Lipinski definition) is 1. The Bertz CT molecular complexity index is 623. The Labute approximate surface area is 115 Å². The van der Waals surface area contributed by atoms with Gasteiger partial charge in [-0.15, -0.1) is 0 Å². The quantitative estimate of drug-likeness (QED) is 0.825. The van der Waals surface area contributed by atoms with Crippen LogP contribution in [0, 0.1) is 17.5 Å². The Morgan fingerprint density at radius 2 is 1.68 bits per heavy atom. The minimum atomic E-state index is -1.57. The van der Waals surface area contributed by atoms with Gasteiger partial charge in [0.05, 0.1) is 0 Å². The molecule has 2 rings (SSSR count). The van der Waals surface area contributed by atoms with E-state index < -0.39 is 23.4 Å². The second-order valence-corrected chi connectivity index (χ2v) is 4.63. The summed E-state index contributed by atoms with van der Waals surface area (Å²) >= 11 is 3.20. The summed E-state index contributed by atoms with van der Waals surface area (Å²) in [5.41, 5.74) is 0.154. The van der Waals surface area contributed by atoms with Crippen LogP contribution in [0.15, 0.2) is 40.9 Å². The van der Waals surface area contributed by atoms with E-state index in [1.165, 1.54) is 6.07 Å². The van der Waals surface area contributed by atoms with Crippen LogP contribution in [0.3, 0.4) is 0 Å². The summed E-state index contributed by atoms with van der Waals surface area (Å²) < 4.78 is 39.4. The van der Waals surface area contributed by atoms with E-state index in [1.807, 2.05) is 0 Å². The van der Waals surface area contributed by atoms with Crippen molar-refractivity contribution in [2.24, 2.45) is 0 Å². The van der Waals surface area contributed by atoms with Gasteiger partial charge in [-0.25, -0.2) is 13.2 Å². The van der Waals surface area contributed by atoms with E-state index in [0.717, 1.165) is 0 Å². The van der Waals surface area contributed by atoms with Gasteiger partial charge >= 0.3 is 0 Å². The van der Waals surface area contributed by atoms with E-state index in [0.29, 0.717) is 22.2 Å². The molecule has 6 heteroatoms. The number of amides is 1. The lowest BCUT2D eigenvalue weighted by Crippen LogP contribution is -2.12. The minimum absolute atomic E-state index is 0.152. The molecule has 0 aromatic heterocycles. The molecule has 0 unspecified atom stereocenters. The molecule has 2 aromatic carbocycles. The number of hydrogen-bond donors (Lipinski definition) is 1. The van der Waals surface area contributed by atoms with E-state index in [-0.39, 0.29) is 5.69 Å². The molecule has 1 N–H and O–H groups in total. The van der Waals surface area contributed by atoms with Crippen LogP contribution >= 0.6 is 15.9 Å². The highest BCUT2D eigenvalue weighted by molar-refractivity contribution is 9.10. The van der Waals surface area contributed by atoms with Crippen LogP contribution in [0.25, 0.3) is 0 Å². The smallest absolute Gasteiger partial charge is 0.255 e. The van der Waals surface area contributed by atoms with Gasteiger partial charge in [0.2, 0.25) is 0 Å². The molecule has 0 saturated heterocycles. The Morgan fingerprint density at radius 3 is 2.26 bits per heavy atom. The van der Waals surface area contributed by atoms with Crippen LogP contribution in [0.1, 0.15) is 10.4 Å². The van der Waals surface area contributed by atoms with Gasteiger partial charge in [-0.2, -0.15) is 0 Å². The largest absolute Gasteiger partial charge is 0.322 e. The Hall–Kier alpha value is -1.82. The van der Waals surface area contributed by atoms with E-state index in [9.17, 15) is 18.0 Å². The molecule has 0 bridgehead atoms. The van der Waals surface area contributed by atoms with Crippen molar-refractivity contribution >= 4 is 27.5 Å². The van der Waals surface area contributed by atoms with E-state index in [2.05, 4.69) is 21.2 Å². The zero-order valence-corrected chi connectivity index (χ0v) is 11.0. The molecule has 0 saturated carbocycles. The summed E-state index contributed by atoms with van der Waals surface area (Å²) in [7, 11) is 0. The second kappa shape index (κ2) is 5.44. The minimum Gasteiger partial charge on any atom is -0.322 e. The van der Waals surface area contributed by atoms with Gasteiger partial charge in [-0.3, -0.25) is 4.79 Å². The molecular formula is C13H7BrF3NO. The molecule has 0 heterocycles. The van der Waals surface area contributed by atoms with Crippen molar-refractivity contribution in [2.75, 3.05) is 5.32 Å². The molecule has 2 nitrogen and oxygen atoms in total. The highest BCUT2D eigenvalue weighted by Gasteiger charge is 2.13. The van der Waals surface area contributed by atoms with Crippen LogP contribution in [0.2, 0.25) is 0 Å². The standard InChI is InChI=1S/C13H7BrF3NO/c14-8-3-1-2-7(4-8)13(19)18-9-5-10(15)12(17)11(16)6-9/h1-6H,(H,18,19). The number of nitrogens with one attached hydrogen (secondary N) is 1. The third kappa shape index (κ3) is 3.14. The highest BCUT2D eigenvalue weighted by Crippen LogP contribution is 2.19. The van der Waals surface area contributed by atoms with Crippen LogP contribution in [0.5, 0.6) is 0 Å². The van der Waals surface area contributed by atoms with Gasteiger partial charge in [0.25, 0.3) is 5.91 Å². The summed E-state index contributed by atoms with van der Waals surface area (Å²) in [6, 6.07) is 7.89. The normalized spacial score (nSPS) is 10.3. The predicted octanol–water partition coefficient (Wildman–Crippen LogP) is 4.12. The van der Waals surface area contributed by atoms with Gasteiger partial charge < -0.3 is 5.32 Å². The van der Waals surface area contributed by atoms with Crippen LogP contribution in [-0.4, -0.2) is 5.91 Å². The average molecular weight is 330 g/mol. The van der Waals surface area contributed by atoms with E-state index in [1.54, 1.807) is 18.2 Å². The van der Waals surface area contributed by atoms with Gasteiger partial charge in [-0.05, 0) is 18.2 Å². The van der Waals surface area contributed by atoms with Gasteiger partial charge in [-0.1, -0.05) is 22.0 Å². The summed E-state index contributed by atoms with van der Waals surface area (Å²) in [6.07, 6.45) is 0. The van der Waals surface area contributed by atoms with E-state index in [4.69, 9.17) is 0 Å². The average Bonchev–Trinajstić information content (AvgIpc) is 2.36. The summed E-state index contributed by atoms with van der Waals surface area (Å²) in [4.78, 5) is 11.8. The van der Waals surface area contributed by atoms with Crippen LogP contribution in [0.4, 0.5) is 18.9 Å². The number of carbonyl (C=O) groups is 1. The van der Waals surface area contributed by atoms with E-state index >= 15 is 0 Å². The van der Waals surface area contributed by atoms with Crippen molar-refractivity contribution in [1.29, 1.82) is 0 Å². The summed E-state index contributed by atoms with van der Waals surface area (Å²) in [5.74, 6) is -4.83. The molecule has 0 aliphatic carbocycles.